The summed E-state index contributed by atoms with van der Waals surface area (Å²) >= 11 is 7.47. The standard InChI is InChI=1S/C12H14ClN3S/c13-12-2-1-11(17-12)8-15-7-9-3-4-16-10(5-9)6-14/h1-5,15H,6-8,14H2. The van der Waals surface area contributed by atoms with Gasteiger partial charge in [0.2, 0.25) is 0 Å². The van der Waals surface area contributed by atoms with Crippen molar-refractivity contribution in [1.29, 1.82) is 0 Å². The first kappa shape index (κ1) is 12.5. The Morgan fingerprint density at radius 3 is 2.88 bits per heavy atom. The zero-order valence-corrected chi connectivity index (χ0v) is 10.9. The normalized spacial score (nSPS) is 10.7. The van der Waals surface area contributed by atoms with E-state index in [0.717, 1.165) is 23.1 Å². The van der Waals surface area contributed by atoms with Crippen molar-refractivity contribution in [2.75, 3.05) is 0 Å². The fourth-order valence-electron chi connectivity index (χ4n) is 1.53. The lowest BCUT2D eigenvalue weighted by molar-refractivity contribution is 0.698. The van der Waals surface area contributed by atoms with Crippen LogP contribution < -0.4 is 11.1 Å². The lowest BCUT2D eigenvalue weighted by Crippen LogP contribution is -2.12. The molecule has 0 spiro atoms. The van der Waals surface area contributed by atoms with Gasteiger partial charge in [-0.25, -0.2) is 0 Å². The smallest absolute Gasteiger partial charge is 0.0931 e. The third-order valence-electron chi connectivity index (χ3n) is 2.35. The average Bonchev–Trinajstić information content (AvgIpc) is 2.75. The second-order valence-corrected chi connectivity index (χ2v) is 5.47. The van der Waals surface area contributed by atoms with Gasteiger partial charge in [0.1, 0.15) is 0 Å². The minimum absolute atomic E-state index is 0.481. The Morgan fingerprint density at radius 2 is 2.18 bits per heavy atom. The van der Waals surface area contributed by atoms with Crippen molar-refractivity contribution in [3.05, 3.63) is 50.9 Å². The second kappa shape index (κ2) is 6.12. The van der Waals surface area contributed by atoms with E-state index in [9.17, 15) is 0 Å². The molecular weight excluding hydrogens is 254 g/mol. The van der Waals surface area contributed by atoms with Crippen molar-refractivity contribution in [1.82, 2.24) is 10.3 Å². The number of hydrogen-bond donors (Lipinski definition) is 2. The van der Waals surface area contributed by atoms with E-state index in [2.05, 4.69) is 10.3 Å². The molecule has 0 aliphatic carbocycles. The molecule has 2 rings (SSSR count). The van der Waals surface area contributed by atoms with Gasteiger partial charge in [-0.15, -0.1) is 11.3 Å². The summed E-state index contributed by atoms with van der Waals surface area (Å²) in [5.41, 5.74) is 7.66. The van der Waals surface area contributed by atoms with Crippen molar-refractivity contribution in [2.24, 2.45) is 5.73 Å². The molecule has 0 aliphatic rings. The van der Waals surface area contributed by atoms with E-state index in [1.54, 1.807) is 17.5 Å². The Hall–Kier alpha value is -0.940. The molecule has 0 radical (unpaired) electrons. The minimum atomic E-state index is 0.481. The molecule has 0 aromatic carbocycles. The number of nitrogens with two attached hydrogens (primary N) is 1. The molecular formula is C12H14ClN3S. The van der Waals surface area contributed by atoms with Gasteiger partial charge < -0.3 is 11.1 Å². The maximum Gasteiger partial charge on any atom is 0.0931 e. The fourth-order valence-corrected chi connectivity index (χ4v) is 2.58. The molecule has 5 heteroatoms. The molecule has 90 valence electrons. The molecule has 0 amide bonds. The van der Waals surface area contributed by atoms with Crippen molar-refractivity contribution >= 4 is 22.9 Å². The first-order valence-electron chi connectivity index (χ1n) is 5.37. The highest BCUT2D eigenvalue weighted by Crippen LogP contribution is 2.21. The van der Waals surface area contributed by atoms with Gasteiger partial charge in [-0.3, -0.25) is 4.98 Å². The Bertz CT molecular complexity index is 484. The Balaban J connectivity index is 1.85. The van der Waals surface area contributed by atoms with Crippen LogP contribution in [0.25, 0.3) is 0 Å². The van der Waals surface area contributed by atoms with Crippen molar-refractivity contribution in [3.8, 4) is 0 Å². The summed E-state index contributed by atoms with van der Waals surface area (Å²) in [7, 11) is 0. The molecule has 3 nitrogen and oxygen atoms in total. The summed E-state index contributed by atoms with van der Waals surface area (Å²) in [6, 6.07) is 7.97. The largest absolute Gasteiger partial charge is 0.325 e. The SMILES string of the molecule is NCc1cc(CNCc2ccc(Cl)s2)ccn1. The van der Waals surface area contributed by atoms with Gasteiger partial charge >= 0.3 is 0 Å². The molecule has 0 saturated carbocycles. The van der Waals surface area contributed by atoms with Crippen LogP contribution >= 0.6 is 22.9 Å². The Kier molecular flexibility index (Phi) is 4.50. The Labute approximate surface area is 110 Å². The number of nitrogens with zero attached hydrogens (tertiary/aromatic N) is 1. The van der Waals surface area contributed by atoms with Crippen molar-refractivity contribution < 1.29 is 0 Å². The van der Waals surface area contributed by atoms with Crippen LogP contribution in [-0.2, 0) is 19.6 Å². The number of nitrogens with one attached hydrogen (secondary N) is 1. The highest BCUT2D eigenvalue weighted by atomic mass is 35.5. The molecule has 0 bridgehead atoms. The number of pyridine rings is 1. The maximum absolute atomic E-state index is 5.86. The molecule has 2 heterocycles. The molecule has 2 aromatic heterocycles. The molecule has 0 fully saturated rings. The van der Waals surface area contributed by atoms with Crippen LogP contribution in [0.2, 0.25) is 4.34 Å². The van der Waals surface area contributed by atoms with Gasteiger partial charge in [-0.1, -0.05) is 11.6 Å². The molecule has 2 aromatic rings. The first-order valence-corrected chi connectivity index (χ1v) is 6.56. The van der Waals surface area contributed by atoms with E-state index in [1.165, 1.54) is 10.4 Å². The van der Waals surface area contributed by atoms with Crippen LogP contribution in [0.15, 0.2) is 30.5 Å². The first-order chi connectivity index (χ1) is 8.28. The molecule has 3 N–H and O–H groups in total. The minimum Gasteiger partial charge on any atom is -0.325 e. The molecule has 0 atom stereocenters. The van der Waals surface area contributed by atoms with Crippen LogP contribution in [0.5, 0.6) is 0 Å². The Morgan fingerprint density at radius 1 is 1.29 bits per heavy atom. The fraction of sp³-hybridized carbons (Fsp3) is 0.250. The van der Waals surface area contributed by atoms with E-state index >= 15 is 0 Å². The molecule has 0 unspecified atom stereocenters. The highest BCUT2D eigenvalue weighted by Gasteiger charge is 1.99. The van der Waals surface area contributed by atoms with E-state index in [1.807, 2.05) is 24.3 Å². The van der Waals surface area contributed by atoms with Gasteiger partial charge in [-0.2, -0.15) is 0 Å². The summed E-state index contributed by atoms with van der Waals surface area (Å²) in [5, 5.41) is 3.37. The topological polar surface area (TPSA) is 50.9 Å². The highest BCUT2D eigenvalue weighted by molar-refractivity contribution is 7.16. The lowest BCUT2D eigenvalue weighted by atomic mass is 10.2. The average molecular weight is 268 g/mol. The second-order valence-electron chi connectivity index (χ2n) is 3.67. The molecule has 17 heavy (non-hydrogen) atoms. The van der Waals surface area contributed by atoms with Gasteiger partial charge in [0.05, 0.1) is 10.0 Å². The van der Waals surface area contributed by atoms with Crippen LogP contribution in [0.4, 0.5) is 0 Å². The quantitative estimate of drug-likeness (QED) is 0.875. The predicted molar refractivity (Wildman–Crippen MR) is 72.0 cm³/mol. The number of aromatic nitrogens is 1. The molecule has 0 saturated heterocycles. The van der Waals surface area contributed by atoms with E-state index in [-0.39, 0.29) is 0 Å². The monoisotopic (exact) mass is 267 g/mol. The van der Waals surface area contributed by atoms with Crippen molar-refractivity contribution in [2.45, 2.75) is 19.6 Å². The van der Waals surface area contributed by atoms with Gasteiger partial charge in [-0.05, 0) is 29.8 Å². The summed E-state index contributed by atoms with van der Waals surface area (Å²) < 4.78 is 0.830. The van der Waals surface area contributed by atoms with Crippen LogP contribution in [0.3, 0.4) is 0 Å². The number of halogens is 1. The van der Waals surface area contributed by atoms with E-state index in [0.29, 0.717) is 6.54 Å². The zero-order valence-electron chi connectivity index (χ0n) is 9.32. The molecule has 0 aliphatic heterocycles. The zero-order chi connectivity index (χ0) is 12.1. The number of thiophene rings is 1. The van der Waals surface area contributed by atoms with E-state index < -0.39 is 0 Å². The van der Waals surface area contributed by atoms with E-state index in [4.69, 9.17) is 17.3 Å². The number of rotatable bonds is 5. The third kappa shape index (κ3) is 3.78. The number of hydrogen-bond acceptors (Lipinski definition) is 4. The summed E-state index contributed by atoms with van der Waals surface area (Å²) in [6.07, 6.45) is 1.79. The van der Waals surface area contributed by atoms with Gasteiger partial charge in [0, 0.05) is 30.7 Å². The predicted octanol–water partition coefficient (Wildman–Crippen LogP) is 2.55. The third-order valence-corrected chi connectivity index (χ3v) is 3.58. The van der Waals surface area contributed by atoms with Crippen LogP contribution in [0, 0.1) is 0 Å². The van der Waals surface area contributed by atoms with Crippen LogP contribution in [-0.4, -0.2) is 4.98 Å². The van der Waals surface area contributed by atoms with Crippen molar-refractivity contribution in [3.63, 3.8) is 0 Å². The van der Waals surface area contributed by atoms with Crippen LogP contribution in [0.1, 0.15) is 16.1 Å². The summed E-state index contributed by atoms with van der Waals surface area (Å²) in [5.74, 6) is 0. The summed E-state index contributed by atoms with van der Waals surface area (Å²) in [6.45, 7) is 2.12. The maximum atomic E-state index is 5.86. The van der Waals surface area contributed by atoms with Gasteiger partial charge in [0.15, 0.2) is 0 Å². The van der Waals surface area contributed by atoms with Gasteiger partial charge in [0.25, 0.3) is 0 Å². The lowest BCUT2D eigenvalue weighted by Gasteiger charge is -2.04. The summed E-state index contributed by atoms with van der Waals surface area (Å²) in [4.78, 5) is 5.40.